The number of carbonyl (C=O) groups excluding carboxylic acids is 1. The molecule has 0 aromatic heterocycles. The van der Waals surface area contributed by atoms with Crippen LogP contribution in [0.4, 0.5) is 0 Å². The minimum absolute atomic E-state index is 0.0800. The van der Waals surface area contributed by atoms with E-state index in [0.717, 1.165) is 18.4 Å². The van der Waals surface area contributed by atoms with Gasteiger partial charge in [0.05, 0.1) is 11.5 Å². The minimum atomic E-state index is -0.653. The molecule has 1 aromatic carbocycles. The van der Waals surface area contributed by atoms with Crippen LogP contribution in [0, 0.1) is 0 Å². The molecule has 0 radical (unpaired) electrons. The van der Waals surface area contributed by atoms with Crippen molar-refractivity contribution < 1.29 is 9.90 Å². The first-order chi connectivity index (χ1) is 9.53. The number of rotatable bonds is 3. The molecule has 1 aliphatic rings. The van der Waals surface area contributed by atoms with Gasteiger partial charge >= 0.3 is 0 Å². The zero-order valence-corrected chi connectivity index (χ0v) is 12.1. The highest BCUT2D eigenvalue weighted by Gasteiger charge is 2.30. The van der Waals surface area contributed by atoms with E-state index < -0.39 is 5.60 Å². The van der Waals surface area contributed by atoms with Gasteiger partial charge in [-0.2, -0.15) is 0 Å². The molecule has 110 valence electrons. The first-order valence-electron chi connectivity index (χ1n) is 7.30. The van der Waals surface area contributed by atoms with Crippen molar-refractivity contribution in [3.8, 4) is 0 Å². The molecule has 0 aliphatic carbocycles. The van der Waals surface area contributed by atoms with Gasteiger partial charge in [0.1, 0.15) is 0 Å². The van der Waals surface area contributed by atoms with Crippen molar-refractivity contribution in [2.75, 3.05) is 19.6 Å². The standard InChI is InChI=1S/C16H24N2O2/c1-16(20)8-5-10-18(11-9-16)15(19)14(12-17)13-6-3-2-4-7-13/h2-4,6-7,14,20H,5,8-12,17H2,1H3. The summed E-state index contributed by atoms with van der Waals surface area (Å²) in [4.78, 5) is 14.5. The van der Waals surface area contributed by atoms with Crippen molar-refractivity contribution in [3.63, 3.8) is 0 Å². The molecule has 20 heavy (non-hydrogen) atoms. The zero-order chi connectivity index (χ0) is 14.6. The van der Waals surface area contributed by atoms with E-state index in [1.807, 2.05) is 42.2 Å². The molecule has 2 atom stereocenters. The largest absolute Gasteiger partial charge is 0.390 e. The molecule has 0 bridgehead atoms. The molecule has 1 amide bonds. The predicted molar refractivity (Wildman–Crippen MR) is 79.3 cm³/mol. The van der Waals surface area contributed by atoms with E-state index in [2.05, 4.69) is 0 Å². The smallest absolute Gasteiger partial charge is 0.231 e. The van der Waals surface area contributed by atoms with E-state index in [-0.39, 0.29) is 11.8 Å². The average molecular weight is 276 g/mol. The fourth-order valence-electron chi connectivity index (χ4n) is 2.77. The minimum Gasteiger partial charge on any atom is -0.390 e. The second kappa shape index (κ2) is 6.37. The Labute approximate surface area is 120 Å². The maximum absolute atomic E-state index is 12.7. The highest BCUT2D eigenvalue weighted by atomic mass is 16.3. The zero-order valence-electron chi connectivity index (χ0n) is 12.1. The van der Waals surface area contributed by atoms with Gasteiger partial charge in [-0.3, -0.25) is 4.79 Å². The van der Waals surface area contributed by atoms with E-state index in [1.54, 1.807) is 0 Å². The SMILES string of the molecule is CC1(O)CCCN(C(=O)C(CN)c2ccccc2)CC1. The first-order valence-corrected chi connectivity index (χ1v) is 7.30. The van der Waals surface area contributed by atoms with Crippen LogP contribution in [0.3, 0.4) is 0 Å². The fourth-order valence-corrected chi connectivity index (χ4v) is 2.77. The van der Waals surface area contributed by atoms with Gasteiger partial charge < -0.3 is 15.7 Å². The van der Waals surface area contributed by atoms with Crippen LogP contribution in [0.1, 0.15) is 37.7 Å². The highest BCUT2D eigenvalue weighted by molar-refractivity contribution is 5.84. The van der Waals surface area contributed by atoms with Gasteiger partial charge in [0, 0.05) is 19.6 Å². The molecule has 1 aromatic rings. The molecule has 3 N–H and O–H groups in total. The van der Waals surface area contributed by atoms with Crippen LogP contribution in [0.2, 0.25) is 0 Å². The molecule has 1 aliphatic heterocycles. The lowest BCUT2D eigenvalue weighted by Gasteiger charge is -2.26. The summed E-state index contributed by atoms with van der Waals surface area (Å²) in [5, 5.41) is 10.1. The number of benzene rings is 1. The Kier molecular flexibility index (Phi) is 4.78. The number of aliphatic hydroxyl groups is 1. The Morgan fingerprint density at radius 1 is 1.35 bits per heavy atom. The van der Waals surface area contributed by atoms with Gasteiger partial charge in [0.25, 0.3) is 0 Å². The van der Waals surface area contributed by atoms with Crippen molar-refractivity contribution in [3.05, 3.63) is 35.9 Å². The van der Waals surface area contributed by atoms with Gasteiger partial charge in [-0.15, -0.1) is 0 Å². The van der Waals surface area contributed by atoms with Gasteiger partial charge in [0.15, 0.2) is 0 Å². The first kappa shape index (κ1) is 15.0. The van der Waals surface area contributed by atoms with Crippen LogP contribution in [0.15, 0.2) is 30.3 Å². The van der Waals surface area contributed by atoms with Crippen molar-refractivity contribution in [2.24, 2.45) is 5.73 Å². The topological polar surface area (TPSA) is 66.6 Å². The molecule has 0 saturated carbocycles. The molecule has 2 rings (SSSR count). The number of carbonyl (C=O) groups is 1. The maximum Gasteiger partial charge on any atom is 0.231 e. The predicted octanol–water partition coefficient (Wildman–Crippen LogP) is 1.49. The lowest BCUT2D eigenvalue weighted by Crippen LogP contribution is -2.39. The van der Waals surface area contributed by atoms with E-state index in [9.17, 15) is 9.90 Å². The van der Waals surface area contributed by atoms with Crippen molar-refractivity contribution >= 4 is 5.91 Å². The highest BCUT2D eigenvalue weighted by Crippen LogP contribution is 2.24. The summed E-state index contributed by atoms with van der Waals surface area (Å²) in [6.45, 7) is 3.47. The summed E-state index contributed by atoms with van der Waals surface area (Å²) in [5.41, 5.74) is 6.12. The Morgan fingerprint density at radius 2 is 2.05 bits per heavy atom. The second-order valence-corrected chi connectivity index (χ2v) is 5.87. The third kappa shape index (κ3) is 3.58. The molecule has 1 fully saturated rings. The van der Waals surface area contributed by atoms with Crippen molar-refractivity contribution in [1.82, 2.24) is 4.90 Å². The molecule has 4 heteroatoms. The Bertz CT molecular complexity index is 445. The molecule has 0 spiro atoms. The lowest BCUT2D eigenvalue weighted by molar-refractivity contribution is -0.132. The Hall–Kier alpha value is -1.39. The quantitative estimate of drug-likeness (QED) is 0.879. The molecule has 1 heterocycles. The molecule has 2 unspecified atom stereocenters. The third-order valence-corrected chi connectivity index (χ3v) is 4.11. The summed E-state index contributed by atoms with van der Waals surface area (Å²) in [7, 11) is 0. The second-order valence-electron chi connectivity index (χ2n) is 5.87. The number of likely N-dealkylation sites (tertiary alicyclic amines) is 1. The van der Waals surface area contributed by atoms with Crippen LogP contribution in [0.25, 0.3) is 0 Å². The third-order valence-electron chi connectivity index (χ3n) is 4.11. The monoisotopic (exact) mass is 276 g/mol. The lowest BCUT2D eigenvalue weighted by atomic mass is 9.97. The average Bonchev–Trinajstić information content (AvgIpc) is 2.61. The van der Waals surface area contributed by atoms with E-state index >= 15 is 0 Å². The number of amides is 1. The van der Waals surface area contributed by atoms with Crippen LogP contribution in [-0.2, 0) is 4.79 Å². The van der Waals surface area contributed by atoms with Crippen LogP contribution in [-0.4, -0.2) is 41.1 Å². The fraction of sp³-hybridized carbons (Fsp3) is 0.562. The van der Waals surface area contributed by atoms with E-state index in [1.165, 1.54) is 0 Å². The molecular weight excluding hydrogens is 252 g/mol. The number of nitrogens with two attached hydrogens (primary N) is 1. The molecular formula is C16H24N2O2. The summed E-state index contributed by atoms with van der Waals surface area (Å²) >= 11 is 0. The van der Waals surface area contributed by atoms with Crippen molar-refractivity contribution in [1.29, 1.82) is 0 Å². The Morgan fingerprint density at radius 3 is 2.70 bits per heavy atom. The number of hydrogen-bond donors (Lipinski definition) is 2. The van der Waals surface area contributed by atoms with Gasteiger partial charge in [0.2, 0.25) is 5.91 Å². The molecule has 4 nitrogen and oxygen atoms in total. The van der Waals surface area contributed by atoms with Gasteiger partial charge in [-0.1, -0.05) is 30.3 Å². The normalized spacial score (nSPS) is 25.1. The maximum atomic E-state index is 12.7. The van der Waals surface area contributed by atoms with Crippen molar-refractivity contribution in [2.45, 2.75) is 37.7 Å². The van der Waals surface area contributed by atoms with E-state index in [0.29, 0.717) is 26.1 Å². The van der Waals surface area contributed by atoms with Gasteiger partial charge in [-0.05, 0) is 31.7 Å². The van der Waals surface area contributed by atoms with Crippen LogP contribution in [0.5, 0.6) is 0 Å². The summed E-state index contributed by atoms with van der Waals surface area (Å²) < 4.78 is 0. The molecule has 1 saturated heterocycles. The summed E-state index contributed by atoms with van der Waals surface area (Å²) in [6, 6.07) is 9.69. The van der Waals surface area contributed by atoms with Crippen LogP contribution < -0.4 is 5.73 Å². The van der Waals surface area contributed by atoms with Crippen LogP contribution >= 0.6 is 0 Å². The summed E-state index contributed by atoms with van der Waals surface area (Å²) in [6.07, 6.45) is 2.21. The summed E-state index contributed by atoms with van der Waals surface area (Å²) in [5.74, 6) is -0.198. The number of nitrogens with zero attached hydrogens (tertiary/aromatic N) is 1. The van der Waals surface area contributed by atoms with E-state index in [4.69, 9.17) is 5.73 Å². The number of hydrogen-bond acceptors (Lipinski definition) is 3. The Balaban J connectivity index is 2.09. The van der Waals surface area contributed by atoms with Gasteiger partial charge in [-0.25, -0.2) is 0 Å².